The van der Waals surface area contributed by atoms with Crippen LogP contribution in [0.15, 0.2) is 66.7 Å². The third kappa shape index (κ3) is 7.43. The van der Waals surface area contributed by atoms with E-state index in [0.717, 1.165) is 47.9 Å². The average Bonchev–Trinajstić information content (AvgIpc) is 2.89. The van der Waals surface area contributed by atoms with Gasteiger partial charge in [0.05, 0.1) is 5.56 Å². The molecule has 0 nitrogen and oxygen atoms in total. The van der Waals surface area contributed by atoms with Crippen molar-refractivity contribution in [3.8, 4) is 0 Å². The van der Waals surface area contributed by atoms with Crippen LogP contribution >= 0.6 is 0 Å². The summed E-state index contributed by atoms with van der Waals surface area (Å²) in [7, 11) is 0. The molecule has 0 aromatic heterocycles. The van der Waals surface area contributed by atoms with E-state index in [4.69, 9.17) is 0 Å². The molecule has 0 amide bonds. The molecule has 0 radical (unpaired) electrons. The second kappa shape index (κ2) is 12.7. The Balaban J connectivity index is 1.38. The molecule has 4 rings (SSSR count). The maximum atomic E-state index is 15.2. The Hall–Kier alpha value is -3.28. The van der Waals surface area contributed by atoms with E-state index in [9.17, 15) is 22.0 Å². The minimum absolute atomic E-state index is 0.188. The van der Waals surface area contributed by atoms with Gasteiger partial charge in [0.25, 0.3) is 0 Å². The monoisotopic (exact) mass is 542 g/mol. The summed E-state index contributed by atoms with van der Waals surface area (Å²) in [6, 6.07) is 17.2. The van der Waals surface area contributed by atoms with Gasteiger partial charge in [0.2, 0.25) is 0 Å². The zero-order valence-corrected chi connectivity index (χ0v) is 22.0. The molecule has 0 unspecified atom stereocenters. The number of unbranched alkanes of at least 4 members (excludes halogenated alkanes) is 3. The Morgan fingerprint density at radius 1 is 0.564 bits per heavy atom. The van der Waals surface area contributed by atoms with Crippen molar-refractivity contribution in [2.45, 2.75) is 70.9 Å². The van der Waals surface area contributed by atoms with Gasteiger partial charge in [0.1, 0.15) is 17.5 Å². The molecule has 0 N–H and O–H groups in total. The molecule has 0 aliphatic heterocycles. The molecule has 4 aromatic carbocycles. The maximum absolute atomic E-state index is 15.2. The summed E-state index contributed by atoms with van der Waals surface area (Å²) in [5.74, 6) is -1.91. The molecule has 0 saturated carbocycles. The molecule has 6 heteroatoms. The second-order valence-electron chi connectivity index (χ2n) is 10.1. The molecule has 0 spiro atoms. The number of aryl methyl sites for hydroxylation is 5. The zero-order valence-electron chi connectivity index (χ0n) is 22.0. The Morgan fingerprint density at radius 3 is 1.87 bits per heavy atom. The molecule has 0 aliphatic carbocycles. The molecule has 0 saturated heterocycles. The zero-order chi connectivity index (χ0) is 28.0. The molecule has 4 aromatic rings. The largest absolute Gasteiger partial charge is 0.419 e. The van der Waals surface area contributed by atoms with E-state index in [1.54, 1.807) is 24.3 Å². The van der Waals surface area contributed by atoms with Crippen molar-refractivity contribution in [3.63, 3.8) is 0 Å². The highest BCUT2D eigenvalue weighted by atomic mass is 19.4. The first-order valence-electron chi connectivity index (χ1n) is 13.5. The Bertz CT molecular complexity index is 1420. The number of halogens is 6. The first kappa shape index (κ1) is 28.7. The van der Waals surface area contributed by atoms with Gasteiger partial charge in [-0.3, -0.25) is 0 Å². The fourth-order valence-corrected chi connectivity index (χ4v) is 4.94. The fraction of sp³-hybridized carbons (Fsp3) is 0.333. The van der Waals surface area contributed by atoms with Gasteiger partial charge in [-0.1, -0.05) is 74.7 Å². The highest BCUT2D eigenvalue weighted by Gasteiger charge is 2.33. The van der Waals surface area contributed by atoms with Gasteiger partial charge < -0.3 is 0 Å². The number of rotatable bonds is 11. The van der Waals surface area contributed by atoms with Crippen molar-refractivity contribution in [2.75, 3.05) is 0 Å². The molecule has 0 aliphatic rings. The van der Waals surface area contributed by atoms with E-state index in [-0.39, 0.29) is 18.7 Å². The van der Waals surface area contributed by atoms with Gasteiger partial charge in [-0.15, -0.1) is 0 Å². The van der Waals surface area contributed by atoms with Crippen LogP contribution in [0.3, 0.4) is 0 Å². The SMILES string of the molecule is CCCCCCc1ccc(CCc2ccc3c(F)c(CCc4ccc(C(F)(F)F)c(F)c4)ccc3c2)c(F)c1. The minimum atomic E-state index is -4.75. The number of benzene rings is 4. The number of hydrogen-bond acceptors (Lipinski definition) is 0. The average molecular weight is 543 g/mol. The van der Waals surface area contributed by atoms with Gasteiger partial charge in [-0.25, -0.2) is 13.2 Å². The number of fused-ring (bicyclic) bond motifs is 1. The predicted molar refractivity (Wildman–Crippen MR) is 144 cm³/mol. The van der Waals surface area contributed by atoms with E-state index >= 15 is 4.39 Å². The van der Waals surface area contributed by atoms with Crippen LogP contribution < -0.4 is 0 Å². The molecular weight excluding hydrogens is 510 g/mol. The second-order valence-corrected chi connectivity index (χ2v) is 10.1. The third-order valence-corrected chi connectivity index (χ3v) is 7.24. The van der Waals surface area contributed by atoms with Crippen molar-refractivity contribution in [1.82, 2.24) is 0 Å². The summed E-state index contributed by atoms with van der Waals surface area (Å²) >= 11 is 0. The van der Waals surface area contributed by atoms with E-state index < -0.39 is 23.4 Å². The number of hydrogen-bond donors (Lipinski definition) is 0. The molecule has 206 valence electrons. The fourth-order valence-electron chi connectivity index (χ4n) is 4.94. The highest BCUT2D eigenvalue weighted by Crippen LogP contribution is 2.32. The minimum Gasteiger partial charge on any atom is -0.207 e. The summed E-state index contributed by atoms with van der Waals surface area (Å²) in [5.41, 5.74) is 2.12. The van der Waals surface area contributed by atoms with Crippen LogP contribution in [0.4, 0.5) is 26.3 Å². The lowest BCUT2D eigenvalue weighted by Gasteiger charge is -2.11. The number of alkyl halides is 3. The van der Waals surface area contributed by atoms with Crippen molar-refractivity contribution in [2.24, 2.45) is 0 Å². The lowest BCUT2D eigenvalue weighted by molar-refractivity contribution is -0.140. The normalized spacial score (nSPS) is 11.9. The summed E-state index contributed by atoms with van der Waals surface area (Å²) in [5, 5.41) is 1.16. The third-order valence-electron chi connectivity index (χ3n) is 7.24. The maximum Gasteiger partial charge on any atom is 0.419 e. The van der Waals surface area contributed by atoms with Crippen LogP contribution in [-0.4, -0.2) is 0 Å². The summed E-state index contributed by atoms with van der Waals surface area (Å²) < 4.78 is 82.0. The molecular formula is C33H32F6. The van der Waals surface area contributed by atoms with Crippen LogP contribution in [0.25, 0.3) is 10.8 Å². The first-order valence-corrected chi connectivity index (χ1v) is 13.5. The molecule has 39 heavy (non-hydrogen) atoms. The van der Waals surface area contributed by atoms with E-state index in [1.807, 2.05) is 24.3 Å². The summed E-state index contributed by atoms with van der Waals surface area (Å²) in [6.07, 6.45) is 2.31. The highest BCUT2D eigenvalue weighted by molar-refractivity contribution is 5.84. The van der Waals surface area contributed by atoms with E-state index in [1.165, 1.54) is 18.9 Å². The van der Waals surface area contributed by atoms with Crippen LogP contribution in [0, 0.1) is 17.5 Å². The molecule has 0 atom stereocenters. The predicted octanol–water partition coefficient (Wildman–Crippen LogP) is 9.97. The summed E-state index contributed by atoms with van der Waals surface area (Å²) in [4.78, 5) is 0. The lowest BCUT2D eigenvalue weighted by Crippen LogP contribution is -2.08. The molecule has 0 heterocycles. The van der Waals surface area contributed by atoms with Crippen LogP contribution in [0.5, 0.6) is 0 Å². The van der Waals surface area contributed by atoms with Gasteiger partial charge >= 0.3 is 6.18 Å². The Kier molecular flexibility index (Phi) is 9.36. The van der Waals surface area contributed by atoms with Crippen molar-refractivity contribution in [3.05, 3.63) is 118 Å². The first-order chi connectivity index (χ1) is 18.7. The lowest BCUT2D eigenvalue weighted by atomic mass is 9.96. The molecule has 0 fully saturated rings. The van der Waals surface area contributed by atoms with Gasteiger partial charge in [0.15, 0.2) is 0 Å². The Labute approximate surface area is 225 Å². The summed E-state index contributed by atoms with van der Waals surface area (Å²) in [6.45, 7) is 2.16. The van der Waals surface area contributed by atoms with Gasteiger partial charge in [-0.2, -0.15) is 13.2 Å². The molecule has 0 bridgehead atoms. The van der Waals surface area contributed by atoms with Crippen LogP contribution in [-0.2, 0) is 38.3 Å². The van der Waals surface area contributed by atoms with Crippen LogP contribution in [0.2, 0.25) is 0 Å². The standard InChI is InChI=1S/C33H32F6/c1-2-3-4-5-6-22-7-12-25(30(34)20-22)13-8-23-10-17-28-27(19-23)16-15-26(32(28)36)14-9-24-11-18-29(31(35)21-24)33(37,38)39/h7,10-12,15-21H,2-6,8-9,13-14H2,1H3. The smallest absolute Gasteiger partial charge is 0.207 e. The van der Waals surface area contributed by atoms with Crippen molar-refractivity contribution < 1.29 is 26.3 Å². The topological polar surface area (TPSA) is 0 Å². The van der Waals surface area contributed by atoms with Crippen molar-refractivity contribution in [1.29, 1.82) is 0 Å². The Morgan fingerprint density at radius 2 is 1.18 bits per heavy atom. The van der Waals surface area contributed by atoms with E-state index in [0.29, 0.717) is 34.9 Å². The van der Waals surface area contributed by atoms with Gasteiger partial charge in [-0.05, 0) is 89.9 Å². The van der Waals surface area contributed by atoms with Gasteiger partial charge in [0, 0.05) is 5.39 Å². The van der Waals surface area contributed by atoms with E-state index in [2.05, 4.69) is 6.92 Å². The van der Waals surface area contributed by atoms with Crippen LogP contribution in [0.1, 0.15) is 66.0 Å². The quantitative estimate of drug-likeness (QED) is 0.131. The van der Waals surface area contributed by atoms with Crippen molar-refractivity contribution >= 4 is 10.8 Å².